The Morgan fingerprint density at radius 3 is 2.50 bits per heavy atom. The largest absolute Gasteiger partial charge is 0.627 e. The highest BCUT2D eigenvalue weighted by atomic mass is 16.5. The van der Waals surface area contributed by atoms with Gasteiger partial charge in [-0.15, -0.1) is 0 Å². The molecule has 1 aromatic heterocycles. The maximum atomic E-state index is 12.4. The minimum absolute atomic E-state index is 0.423. The minimum Gasteiger partial charge on any atom is -0.627 e. The van der Waals surface area contributed by atoms with Crippen LogP contribution < -0.4 is 4.65 Å². The second-order valence-electron chi connectivity index (χ2n) is 3.96. The van der Waals surface area contributed by atoms with Gasteiger partial charge in [-0.2, -0.15) is 0 Å². The summed E-state index contributed by atoms with van der Waals surface area (Å²) < 4.78 is -0.433. The molecule has 0 aliphatic rings. The SMILES string of the molecule is C[N+]([O-])(Cc1ccccc1)c1cccnc1. The first-order chi connectivity index (χ1) is 7.68. The molecule has 3 nitrogen and oxygen atoms in total. The topological polar surface area (TPSA) is 36.0 Å². The average Bonchev–Trinajstić information content (AvgIpc) is 2.31. The van der Waals surface area contributed by atoms with Gasteiger partial charge in [0.25, 0.3) is 0 Å². The van der Waals surface area contributed by atoms with Crippen molar-refractivity contribution >= 4 is 5.69 Å². The van der Waals surface area contributed by atoms with Crippen LogP contribution in [0.15, 0.2) is 54.9 Å². The van der Waals surface area contributed by atoms with Crippen molar-refractivity contribution in [1.29, 1.82) is 0 Å². The second kappa shape index (κ2) is 4.43. The molecule has 1 aromatic carbocycles. The second-order valence-corrected chi connectivity index (χ2v) is 3.96. The quantitative estimate of drug-likeness (QED) is 0.581. The van der Waals surface area contributed by atoms with Gasteiger partial charge in [-0.25, -0.2) is 0 Å². The lowest BCUT2D eigenvalue weighted by Gasteiger charge is -2.37. The third-order valence-corrected chi connectivity index (χ3v) is 2.52. The van der Waals surface area contributed by atoms with E-state index in [1.54, 1.807) is 25.5 Å². The molecular weight excluding hydrogens is 200 g/mol. The maximum absolute atomic E-state index is 12.4. The molecular formula is C13H14N2O. The summed E-state index contributed by atoms with van der Waals surface area (Å²) in [5.74, 6) is 0. The molecule has 3 heteroatoms. The first-order valence-corrected chi connectivity index (χ1v) is 5.19. The fourth-order valence-corrected chi connectivity index (χ4v) is 1.66. The van der Waals surface area contributed by atoms with Crippen LogP contribution in [0.25, 0.3) is 0 Å². The summed E-state index contributed by atoms with van der Waals surface area (Å²) >= 11 is 0. The van der Waals surface area contributed by atoms with E-state index in [4.69, 9.17) is 0 Å². The fraction of sp³-hybridized carbons (Fsp3) is 0.154. The van der Waals surface area contributed by atoms with Gasteiger partial charge in [0, 0.05) is 17.8 Å². The maximum Gasteiger partial charge on any atom is 0.151 e. The van der Waals surface area contributed by atoms with Gasteiger partial charge in [0.15, 0.2) is 5.69 Å². The van der Waals surface area contributed by atoms with Gasteiger partial charge in [0.1, 0.15) is 6.54 Å². The zero-order valence-electron chi connectivity index (χ0n) is 9.21. The van der Waals surface area contributed by atoms with E-state index < -0.39 is 4.65 Å². The Bertz CT molecular complexity index is 440. The number of rotatable bonds is 3. The van der Waals surface area contributed by atoms with Crippen LogP contribution in [0.1, 0.15) is 5.56 Å². The van der Waals surface area contributed by atoms with Gasteiger partial charge in [-0.05, 0) is 6.07 Å². The zero-order chi connectivity index (χ0) is 11.4. The van der Waals surface area contributed by atoms with Gasteiger partial charge >= 0.3 is 0 Å². The molecule has 0 aliphatic heterocycles. The highest BCUT2D eigenvalue weighted by Crippen LogP contribution is 2.21. The lowest BCUT2D eigenvalue weighted by Crippen LogP contribution is -2.37. The Hall–Kier alpha value is -1.71. The van der Waals surface area contributed by atoms with Crippen molar-refractivity contribution in [3.8, 4) is 0 Å². The van der Waals surface area contributed by atoms with E-state index in [2.05, 4.69) is 4.98 Å². The molecule has 0 aliphatic carbocycles. The van der Waals surface area contributed by atoms with E-state index in [0.29, 0.717) is 12.2 Å². The molecule has 0 saturated heterocycles. The van der Waals surface area contributed by atoms with Crippen LogP contribution in [0.2, 0.25) is 0 Å². The number of benzene rings is 1. The van der Waals surface area contributed by atoms with E-state index in [1.807, 2.05) is 36.4 Å². The normalized spacial score (nSPS) is 14.4. The van der Waals surface area contributed by atoms with E-state index in [-0.39, 0.29) is 0 Å². The van der Waals surface area contributed by atoms with E-state index >= 15 is 0 Å². The molecule has 0 amide bonds. The highest BCUT2D eigenvalue weighted by molar-refractivity contribution is 5.40. The van der Waals surface area contributed by atoms with E-state index in [1.165, 1.54) is 0 Å². The van der Waals surface area contributed by atoms with Crippen LogP contribution in [0.3, 0.4) is 0 Å². The van der Waals surface area contributed by atoms with Gasteiger partial charge in [0.2, 0.25) is 0 Å². The van der Waals surface area contributed by atoms with E-state index in [9.17, 15) is 5.21 Å². The molecule has 1 atom stereocenters. The minimum atomic E-state index is -0.433. The van der Waals surface area contributed by atoms with Gasteiger partial charge < -0.3 is 9.85 Å². The Kier molecular flexibility index (Phi) is 2.99. The summed E-state index contributed by atoms with van der Waals surface area (Å²) in [6, 6.07) is 13.4. The summed E-state index contributed by atoms with van der Waals surface area (Å²) in [6.07, 6.45) is 3.29. The van der Waals surface area contributed by atoms with Crippen molar-refractivity contribution in [2.45, 2.75) is 6.54 Å². The summed E-state index contributed by atoms with van der Waals surface area (Å²) in [6.45, 7) is 0.423. The Morgan fingerprint density at radius 2 is 1.88 bits per heavy atom. The molecule has 0 spiro atoms. The number of hydrogen-bond acceptors (Lipinski definition) is 2. The lowest BCUT2D eigenvalue weighted by atomic mass is 10.2. The van der Waals surface area contributed by atoms with Crippen molar-refractivity contribution in [2.24, 2.45) is 0 Å². The summed E-state index contributed by atoms with van der Waals surface area (Å²) in [7, 11) is 1.64. The summed E-state index contributed by atoms with van der Waals surface area (Å²) in [4.78, 5) is 3.98. The number of hydrogen-bond donors (Lipinski definition) is 0. The molecule has 0 fully saturated rings. The van der Waals surface area contributed by atoms with Gasteiger partial charge in [-0.3, -0.25) is 4.98 Å². The van der Waals surface area contributed by atoms with Gasteiger partial charge in [-0.1, -0.05) is 30.3 Å². The first kappa shape index (κ1) is 10.8. The number of hydroxylamine groups is 2. The number of nitrogens with zero attached hydrogens (tertiary/aromatic N) is 2. The van der Waals surface area contributed by atoms with Crippen molar-refractivity contribution in [3.63, 3.8) is 0 Å². The molecule has 1 heterocycles. The fourth-order valence-electron chi connectivity index (χ4n) is 1.66. The van der Waals surface area contributed by atoms with Crippen LogP contribution >= 0.6 is 0 Å². The van der Waals surface area contributed by atoms with Crippen LogP contribution in [0.5, 0.6) is 0 Å². The Balaban J connectivity index is 2.21. The van der Waals surface area contributed by atoms with Crippen molar-refractivity contribution in [2.75, 3.05) is 7.05 Å². The van der Waals surface area contributed by atoms with Gasteiger partial charge in [0.05, 0.1) is 13.2 Å². The van der Waals surface area contributed by atoms with Crippen molar-refractivity contribution in [1.82, 2.24) is 9.63 Å². The standard InChI is InChI=1S/C13H14N2O/c1-15(16,13-8-5-9-14-10-13)11-12-6-3-2-4-7-12/h2-10H,11H2,1H3. The predicted octanol–water partition coefficient (Wildman–Crippen LogP) is 2.72. The molecule has 82 valence electrons. The van der Waals surface area contributed by atoms with Crippen LogP contribution in [0, 0.1) is 5.21 Å². The number of pyridine rings is 1. The van der Waals surface area contributed by atoms with Crippen LogP contribution in [-0.4, -0.2) is 12.0 Å². The third kappa shape index (κ3) is 2.45. The molecule has 2 rings (SSSR count). The smallest absolute Gasteiger partial charge is 0.151 e. The van der Waals surface area contributed by atoms with Crippen molar-refractivity contribution < 1.29 is 0 Å². The Labute approximate surface area is 95.2 Å². The molecule has 16 heavy (non-hydrogen) atoms. The predicted molar refractivity (Wildman–Crippen MR) is 65.5 cm³/mol. The molecule has 2 aromatic rings. The molecule has 1 unspecified atom stereocenters. The summed E-state index contributed by atoms with van der Waals surface area (Å²) in [5, 5.41) is 12.4. The Morgan fingerprint density at radius 1 is 1.12 bits per heavy atom. The van der Waals surface area contributed by atoms with Crippen LogP contribution in [-0.2, 0) is 6.54 Å². The molecule has 0 N–H and O–H groups in total. The van der Waals surface area contributed by atoms with Crippen LogP contribution in [0.4, 0.5) is 5.69 Å². The first-order valence-electron chi connectivity index (χ1n) is 5.19. The monoisotopic (exact) mass is 214 g/mol. The number of aromatic nitrogens is 1. The van der Waals surface area contributed by atoms with Crippen molar-refractivity contribution in [3.05, 3.63) is 65.6 Å². The molecule has 0 bridgehead atoms. The van der Waals surface area contributed by atoms with E-state index in [0.717, 1.165) is 5.56 Å². The summed E-state index contributed by atoms with van der Waals surface area (Å²) in [5.41, 5.74) is 1.70. The lowest BCUT2D eigenvalue weighted by molar-refractivity contribution is 0.438. The zero-order valence-corrected chi connectivity index (χ0v) is 9.21. The molecule has 0 saturated carbocycles. The number of quaternary nitrogens is 1. The molecule has 0 radical (unpaired) electrons. The average molecular weight is 214 g/mol. The highest BCUT2D eigenvalue weighted by Gasteiger charge is 2.14. The third-order valence-electron chi connectivity index (χ3n) is 2.52.